The first-order chi connectivity index (χ1) is 10.4. The van der Waals surface area contributed by atoms with Crippen LogP contribution in [0.4, 0.5) is 0 Å². The summed E-state index contributed by atoms with van der Waals surface area (Å²) in [5.41, 5.74) is 0. The Kier molecular flexibility index (Phi) is 4.25. The minimum absolute atomic E-state index is 0.0224. The van der Waals surface area contributed by atoms with Gasteiger partial charge in [-0.05, 0) is 36.4 Å². The van der Waals surface area contributed by atoms with Crippen LogP contribution in [0.25, 0.3) is 10.8 Å². The molecule has 3 rings (SSSR count). The quantitative estimate of drug-likeness (QED) is 0.574. The number of ether oxygens (including phenoxy) is 1. The summed E-state index contributed by atoms with van der Waals surface area (Å²) in [4.78, 5) is 0. The summed E-state index contributed by atoms with van der Waals surface area (Å²) >= 11 is 0. The fourth-order valence-electron chi connectivity index (χ4n) is 2.57. The van der Waals surface area contributed by atoms with Crippen LogP contribution in [0.2, 0.25) is 0 Å². The van der Waals surface area contributed by atoms with Crippen molar-refractivity contribution < 1.29 is 9.15 Å². The van der Waals surface area contributed by atoms with Gasteiger partial charge in [-0.25, -0.2) is 0 Å². The Balaban J connectivity index is 1.90. The van der Waals surface area contributed by atoms with E-state index < -0.39 is 0 Å². The van der Waals surface area contributed by atoms with E-state index in [-0.39, 0.29) is 6.10 Å². The van der Waals surface area contributed by atoms with Crippen LogP contribution in [-0.4, -0.2) is 0 Å². The highest BCUT2D eigenvalue weighted by atomic mass is 16.5. The highest BCUT2D eigenvalue weighted by Gasteiger charge is 2.16. The van der Waals surface area contributed by atoms with Crippen molar-refractivity contribution in [1.29, 1.82) is 0 Å². The lowest BCUT2D eigenvalue weighted by atomic mass is 10.1. The molecule has 2 aromatic carbocycles. The SMILES string of the molecule is CCCC[C@H](Oc1cccc2ccccc12)c1ccco1. The molecule has 0 bridgehead atoms. The lowest BCUT2D eigenvalue weighted by Gasteiger charge is -2.18. The standard InChI is InChI=1S/C19H20O2/c1-2-3-11-19(18-13-7-14-20-18)21-17-12-6-9-15-8-4-5-10-16(15)17/h4-10,12-14,19H,2-3,11H2,1H3/t19-/m0/s1. The molecule has 0 N–H and O–H groups in total. The summed E-state index contributed by atoms with van der Waals surface area (Å²) in [7, 11) is 0. The summed E-state index contributed by atoms with van der Waals surface area (Å²) in [5.74, 6) is 1.82. The predicted molar refractivity (Wildman–Crippen MR) is 85.6 cm³/mol. The van der Waals surface area contributed by atoms with Crippen LogP contribution in [0, 0.1) is 0 Å². The van der Waals surface area contributed by atoms with Gasteiger partial charge in [0.15, 0.2) is 6.10 Å². The lowest BCUT2D eigenvalue weighted by Crippen LogP contribution is -2.07. The Bertz CT molecular complexity index is 680. The molecule has 0 saturated carbocycles. The third-order valence-corrected chi connectivity index (χ3v) is 3.70. The second-order valence-corrected chi connectivity index (χ2v) is 5.24. The molecule has 0 fully saturated rings. The van der Waals surface area contributed by atoms with Gasteiger partial charge < -0.3 is 9.15 Å². The normalized spacial score (nSPS) is 12.4. The van der Waals surface area contributed by atoms with Gasteiger partial charge in [-0.3, -0.25) is 0 Å². The Hall–Kier alpha value is -2.22. The molecule has 1 aromatic heterocycles. The molecular weight excluding hydrogens is 260 g/mol. The van der Waals surface area contributed by atoms with Gasteiger partial charge in [-0.2, -0.15) is 0 Å². The van der Waals surface area contributed by atoms with E-state index in [1.54, 1.807) is 6.26 Å². The molecule has 0 saturated heterocycles. The number of furan rings is 1. The molecular formula is C19H20O2. The van der Waals surface area contributed by atoms with E-state index in [0.717, 1.165) is 36.2 Å². The summed E-state index contributed by atoms with van der Waals surface area (Å²) in [6.07, 6.45) is 4.92. The van der Waals surface area contributed by atoms with Gasteiger partial charge in [0, 0.05) is 5.39 Å². The maximum absolute atomic E-state index is 6.28. The van der Waals surface area contributed by atoms with E-state index in [9.17, 15) is 0 Å². The van der Waals surface area contributed by atoms with E-state index in [4.69, 9.17) is 9.15 Å². The first-order valence-electron chi connectivity index (χ1n) is 7.56. The van der Waals surface area contributed by atoms with Gasteiger partial charge in [-0.15, -0.1) is 0 Å². The Labute approximate surface area is 125 Å². The number of unbranched alkanes of at least 4 members (excludes halogenated alkanes) is 1. The average molecular weight is 280 g/mol. The van der Waals surface area contributed by atoms with E-state index in [2.05, 4.69) is 25.1 Å². The van der Waals surface area contributed by atoms with Crippen molar-refractivity contribution in [3.8, 4) is 5.75 Å². The molecule has 0 aliphatic carbocycles. The third-order valence-electron chi connectivity index (χ3n) is 3.70. The topological polar surface area (TPSA) is 22.4 Å². The zero-order valence-corrected chi connectivity index (χ0v) is 12.3. The fraction of sp³-hybridized carbons (Fsp3) is 0.263. The molecule has 0 spiro atoms. The van der Waals surface area contributed by atoms with Gasteiger partial charge in [0.2, 0.25) is 0 Å². The summed E-state index contributed by atoms with van der Waals surface area (Å²) in [5, 5.41) is 2.34. The Morgan fingerprint density at radius 2 is 1.86 bits per heavy atom. The minimum atomic E-state index is -0.0224. The van der Waals surface area contributed by atoms with Crippen molar-refractivity contribution >= 4 is 10.8 Å². The van der Waals surface area contributed by atoms with Crippen molar-refractivity contribution in [3.05, 3.63) is 66.6 Å². The van der Waals surface area contributed by atoms with E-state index in [1.807, 2.05) is 36.4 Å². The molecule has 1 atom stereocenters. The van der Waals surface area contributed by atoms with Gasteiger partial charge in [0.25, 0.3) is 0 Å². The van der Waals surface area contributed by atoms with Crippen LogP contribution >= 0.6 is 0 Å². The number of hydrogen-bond acceptors (Lipinski definition) is 2. The van der Waals surface area contributed by atoms with Crippen LogP contribution < -0.4 is 4.74 Å². The molecule has 108 valence electrons. The van der Waals surface area contributed by atoms with Crippen molar-refractivity contribution in [1.82, 2.24) is 0 Å². The van der Waals surface area contributed by atoms with Crippen LogP contribution in [-0.2, 0) is 0 Å². The molecule has 3 aromatic rings. The predicted octanol–water partition coefficient (Wildman–Crippen LogP) is 5.74. The van der Waals surface area contributed by atoms with Crippen LogP contribution in [0.1, 0.15) is 38.1 Å². The highest BCUT2D eigenvalue weighted by Crippen LogP contribution is 2.32. The zero-order valence-electron chi connectivity index (χ0n) is 12.3. The molecule has 0 aliphatic rings. The second-order valence-electron chi connectivity index (χ2n) is 5.24. The van der Waals surface area contributed by atoms with Crippen molar-refractivity contribution in [3.63, 3.8) is 0 Å². The van der Waals surface area contributed by atoms with Gasteiger partial charge in [-0.1, -0.05) is 49.7 Å². The van der Waals surface area contributed by atoms with Crippen LogP contribution in [0.3, 0.4) is 0 Å². The molecule has 0 amide bonds. The lowest BCUT2D eigenvalue weighted by molar-refractivity contribution is 0.165. The van der Waals surface area contributed by atoms with Crippen molar-refractivity contribution in [2.24, 2.45) is 0 Å². The van der Waals surface area contributed by atoms with Crippen LogP contribution in [0.15, 0.2) is 65.3 Å². The molecule has 21 heavy (non-hydrogen) atoms. The number of rotatable bonds is 6. The number of fused-ring (bicyclic) bond motifs is 1. The van der Waals surface area contributed by atoms with Gasteiger partial charge >= 0.3 is 0 Å². The summed E-state index contributed by atoms with van der Waals surface area (Å²) in [6.45, 7) is 2.19. The van der Waals surface area contributed by atoms with E-state index >= 15 is 0 Å². The third kappa shape index (κ3) is 3.10. The zero-order chi connectivity index (χ0) is 14.5. The molecule has 0 unspecified atom stereocenters. The minimum Gasteiger partial charge on any atom is -0.482 e. The molecule has 0 radical (unpaired) electrons. The smallest absolute Gasteiger partial charge is 0.156 e. The Morgan fingerprint density at radius 3 is 2.67 bits per heavy atom. The number of hydrogen-bond donors (Lipinski definition) is 0. The summed E-state index contributed by atoms with van der Waals surface area (Å²) in [6, 6.07) is 18.4. The van der Waals surface area contributed by atoms with E-state index in [1.165, 1.54) is 5.39 Å². The average Bonchev–Trinajstić information content (AvgIpc) is 3.06. The maximum atomic E-state index is 6.28. The first-order valence-corrected chi connectivity index (χ1v) is 7.56. The largest absolute Gasteiger partial charge is 0.482 e. The van der Waals surface area contributed by atoms with Gasteiger partial charge in [0.1, 0.15) is 11.5 Å². The monoisotopic (exact) mass is 280 g/mol. The van der Waals surface area contributed by atoms with Gasteiger partial charge in [0.05, 0.1) is 6.26 Å². The Morgan fingerprint density at radius 1 is 1.00 bits per heavy atom. The molecule has 1 heterocycles. The molecule has 2 nitrogen and oxygen atoms in total. The van der Waals surface area contributed by atoms with Crippen LogP contribution in [0.5, 0.6) is 5.75 Å². The highest BCUT2D eigenvalue weighted by molar-refractivity contribution is 5.88. The first kappa shape index (κ1) is 13.7. The maximum Gasteiger partial charge on any atom is 0.156 e. The summed E-state index contributed by atoms with van der Waals surface area (Å²) < 4.78 is 11.8. The number of benzene rings is 2. The van der Waals surface area contributed by atoms with Crippen molar-refractivity contribution in [2.75, 3.05) is 0 Å². The fourth-order valence-corrected chi connectivity index (χ4v) is 2.57. The molecule has 2 heteroatoms. The van der Waals surface area contributed by atoms with E-state index in [0.29, 0.717) is 0 Å². The second kappa shape index (κ2) is 6.49. The van der Waals surface area contributed by atoms with Crippen molar-refractivity contribution in [2.45, 2.75) is 32.3 Å². The molecule has 0 aliphatic heterocycles.